The van der Waals surface area contributed by atoms with E-state index in [1.54, 1.807) is 0 Å². The van der Waals surface area contributed by atoms with Gasteiger partial charge in [-0.2, -0.15) is 0 Å². The molecule has 0 fully saturated rings. The highest BCUT2D eigenvalue weighted by Crippen LogP contribution is 2.33. The minimum atomic E-state index is -1.32. The van der Waals surface area contributed by atoms with Crippen LogP contribution < -0.4 is 4.74 Å². The van der Waals surface area contributed by atoms with Gasteiger partial charge in [0, 0.05) is 18.2 Å². The number of benzene rings is 2. The SMILES string of the molecule is O=C(O)c1ccc([N+](=O)[O-])c(Oc2ccc(F)cc2F)c1. The maximum Gasteiger partial charge on any atom is 0.335 e. The summed E-state index contributed by atoms with van der Waals surface area (Å²) in [5.74, 6) is -4.14. The maximum atomic E-state index is 13.5. The van der Waals surface area contributed by atoms with Crippen molar-refractivity contribution >= 4 is 11.7 Å². The van der Waals surface area contributed by atoms with E-state index in [0.717, 1.165) is 30.3 Å². The van der Waals surface area contributed by atoms with Crippen molar-refractivity contribution in [3.8, 4) is 11.5 Å². The summed E-state index contributed by atoms with van der Waals surface area (Å²) in [6.07, 6.45) is 0. The standard InChI is InChI=1S/C13H7F2NO5/c14-8-2-4-11(9(15)6-8)21-12-5-7(13(17)18)1-3-10(12)16(19)20/h1-6H,(H,17,18). The Hall–Kier alpha value is -3.03. The number of halogens is 2. The van der Waals surface area contributed by atoms with E-state index in [9.17, 15) is 23.7 Å². The molecule has 108 valence electrons. The smallest absolute Gasteiger partial charge is 0.335 e. The van der Waals surface area contributed by atoms with Gasteiger partial charge in [0.1, 0.15) is 5.82 Å². The van der Waals surface area contributed by atoms with E-state index in [1.807, 2.05) is 0 Å². The van der Waals surface area contributed by atoms with Crippen molar-refractivity contribution in [2.45, 2.75) is 0 Å². The van der Waals surface area contributed by atoms with Crippen LogP contribution in [-0.4, -0.2) is 16.0 Å². The summed E-state index contributed by atoms with van der Waals surface area (Å²) in [6, 6.07) is 5.24. The summed E-state index contributed by atoms with van der Waals surface area (Å²) in [6.45, 7) is 0. The summed E-state index contributed by atoms with van der Waals surface area (Å²) in [5, 5.41) is 19.7. The Kier molecular flexibility index (Phi) is 3.79. The van der Waals surface area contributed by atoms with Gasteiger partial charge in [-0.05, 0) is 18.2 Å². The Bertz CT molecular complexity index is 732. The number of rotatable bonds is 4. The van der Waals surface area contributed by atoms with Gasteiger partial charge in [0.15, 0.2) is 11.6 Å². The maximum absolute atomic E-state index is 13.5. The first-order valence-electron chi connectivity index (χ1n) is 5.53. The number of carboxylic acid groups (broad SMARTS) is 1. The number of nitro benzene ring substituents is 1. The minimum absolute atomic E-state index is 0.266. The van der Waals surface area contributed by atoms with Gasteiger partial charge in [0.25, 0.3) is 0 Å². The van der Waals surface area contributed by atoms with E-state index in [4.69, 9.17) is 9.84 Å². The van der Waals surface area contributed by atoms with Crippen molar-refractivity contribution in [3.05, 3.63) is 63.7 Å². The molecule has 0 amide bonds. The highest BCUT2D eigenvalue weighted by Gasteiger charge is 2.20. The largest absolute Gasteiger partial charge is 0.478 e. The van der Waals surface area contributed by atoms with Gasteiger partial charge in [0.2, 0.25) is 5.75 Å². The van der Waals surface area contributed by atoms with Gasteiger partial charge in [-0.3, -0.25) is 10.1 Å². The first-order valence-corrected chi connectivity index (χ1v) is 5.53. The van der Waals surface area contributed by atoms with Crippen LogP contribution in [0.2, 0.25) is 0 Å². The molecule has 0 unspecified atom stereocenters. The van der Waals surface area contributed by atoms with Crippen LogP contribution in [0, 0.1) is 21.7 Å². The third-order valence-corrected chi connectivity index (χ3v) is 2.52. The topological polar surface area (TPSA) is 89.7 Å². The number of ether oxygens (including phenoxy) is 1. The molecule has 6 nitrogen and oxygen atoms in total. The number of nitro groups is 1. The summed E-state index contributed by atoms with van der Waals surface area (Å²) in [5.41, 5.74) is -0.804. The van der Waals surface area contributed by atoms with E-state index in [0.29, 0.717) is 6.07 Å². The van der Waals surface area contributed by atoms with Crippen LogP contribution in [-0.2, 0) is 0 Å². The molecule has 0 bridgehead atoms. The lowest BCUT2D eigenvalue weighted by molar-refractivity contribution is -0.385. The highest BCUT2D eigenvalue weighted by molar-refractivity contribution is 5.88. The first-order chi connectivity index (χ1) is 9.88. The molecule has 0 saturated carbocycles. The lowest BCUT2D eigenvalue weighted by atomic mass is 10.2. The number of nitrogens with zero attached hydrogens (tertiary/aromatic N) is 1. The molecule has 2 aromatic rings. The fourth-order valence-corrected chi connectivity index (χ4v) is 1.56. The van der Waals surface area contributed by atoms with Crippen molar-refractivity contribution in [1.82, 2.24) is 0 Å². The van der Waals surface area contributed by atoms with Gasteiger partial charge in [0.05, 0.1) is 10.5 Å². The number of carboxylic acids is 1. The molecule has 2 aromatic carbocycles. The molecule has 0 spiro atoms. The van der Waals surface area contributed by atoms with Crippen LogP contribution in [0.3, 0.4) is 0 Å². The molecule has 0 aromatic heterocycles. The molecular formula is C13H7F2NO5. The summed E-state index contributed by atoms with van der Waals surface area (Å²) >= 11 is 0. The second-order valence-electron chi connectivity index (χ2n) is 3.92. The van der Waals surface area contributed by atoms with E-state index in [1.165, 1.54) is 0 Å². The van der Waals surface area contributed by atoms with Crippen molar-refractivity contribution in [2.75, 3.05) is 0 Å². The molecule has 21 heavy (non-hydrogen) atoms. The van der Waals surface area contributed by atoms with E-state index < -0.39 is 39.7 Å². The molecule has 0 atom stereocenters. The molecule has 0 aliphatic heterocycles. The van der Waals surface area contributed by atoms with Gasteiger partial charge < -0.3 is 9.84 Å². The lowest BCUT2D eigenvalue weighted by Gasteiger charge is -2.08. The minimum Gasteiger partial charge on any atom is -0.478 e. The number of carbonyl (C=O) groups is 1. The normalized spacial score (nSPS) is 10.2. The molecule has 0 saturated heterocycles. The second-order valence-corrected chi connectivity index (χ2v) is 3.92. The summed E-state index contributed by atoms with van der Waals surface area (Å²) in [4.78, 5) is 20.9. The van der Waals surface area contributed by atoms with Gasteiger partial charge in [-0.15, -0.1) is 0 Å². The predicted octanol–water partition coefficient (Wildman–Crippen LogP) is 3.36. The van der Waals surface area contributed by atoms with E-state index in [-0.39, 0.29) is 5.56 Å². The molecule has 2 rings (SSSR count). The van der Waals surface area contributed by atoms with Crippen LogP contribution >= 0.6 is 0 Å². The zero-order valence-electron chi connectivity index (χ0n) is 10.2. The average Bonchev–Trinajstić information content (AvgIpc) is 2.41. The molecule has 0 heterocycles. The Morgan fingerprint density at radius 1 is 1.14 bits per heavy atom. The van der Waals surface area contributed by atoms with Crippen LogP contribution in [0.5, 0.6) is 11.5 Å². The Morgan fingerprint density at radius 3 is 2.43 bits per heavy atom. The summed E-state index contributed by atoms with van der Waals surface area (Å²) in [7, 11) is 0. The van der Waals surface area contributed by atoms with Crippen molar-refractivity contribution in [1.29, 1.82) is 0 Å². The number of hydrogen-bond donors (Lipinski definition) is 1. The molecule has 8 heteroatoms. The van der Waals surface area contributed by atoms with Crippen LogP contribution in [0.15, 0.2) is 36.4 Å². The highest BCUT2D eigenvalue weighted by atomic mass is 19.1. The Morgan fingerprint density at radius 2 is 1.86 bits per heavy atom. The van der Waals surface area contributed by atoms with Crippen molar-refractivity contribution < 1.29 is 28.3 Å². The quantitative estimate of drug-likeness (QED) is 0.690. The monoisotopic (exact) mass is 295 g/mol. The molecule has 1 N–H and O–H groups in total. The van der Waals surface area contributed by atoms with Gasteiger partial charge >= 0.3 is 11.7 Å². The fraction of sp³-hybridized carbons (Fsp3) is 0. The van der Waals surface area contributed by atoms with Crippen LogP contribution in [0.25, 0.3) is 0 Å². The lowest BCUT2D eigenvalue weighted by Crippen LogP contribution is -2.00. The van der Waals surface area contributed by atoms with Crippen molar-refractivity contribution in [3.63, 3.8) is 0 Å². The zero-order valence-corrected chi connectivity index (χ0v) is 10.2. The second kappa shape index (κ2) is 5.53. The molecular weight excluding hydrogens is 288 g/mol. The van der Waals surface area contributed by atoms with Crippen LogP contribution in [0.4, 0.5) is 14.5 Å². The van der Waals surface area contributed by atoms with Crippen molar-refractivity contribution in [2.24, 2.45) is 0 Å². The predicted molar refractivity (Wildman–Crippen MR) is 66.5 cm³/mol. The van der Waals surface area contributed by atoms with Gasteiger partial charge in [-0.25, -0.2) is 13.6 Å². The molecule has 0 aliphatic carbocycles. The van der Waals surface area contributed by atoms with Crippen LogP contribution in [0.1, 0.15) is 10.4 Å². The fourth-order valence-electron chi connectivity index (χ4n) is 1.56. The van der Waals surface area contributed by atoms with E-state index >= 15 is 0 Å². The third kappa shape index (κ3) is 3.11. The first kappa shape index (κ1) is 14.4. The third-order valence-electron chi connectivity index (χ3n) is 2.52. The average molecular weight is 295 g/mol. The number of hydrogen-bond acceptors (Lipinski definition) is 4. The Labute approximate surface area is 116 Å². The van der Waals surface area contributed by atoms with Gasteiger partial charge in [-0.1, -0.05) is 0 Å². The molecule has 0 aliphatic rings. The zero-order chi connectivity index (χ0) is 15.6. The number of aromatic carboxylic acids is 1. The molecule has 0 radical (unpaired) electrons. The summed E-state index contributed by atoms with van der Waals surface area (Å²) < 4.78 is 31.3. The Balaban J connectivity index is 2.48. The van der Waals surface area contributed by atoms with E-state index in [2.05, 4.69) is 0 Å².